The molecule has 0 aliphatic carbocycles. The zero-order valence-electron chi connectivity index (χ0n) is 19.1. The summed E-state index contributed by atoms with van der Waals surface area (Å²) in [5.74, 6) is -0.297. The Balaban J connectivity index is 1.87. The first-order valence-corrected chi connectivity index (χ1v) is 10.6. The molecule has 3 rings (SSSR count). The highest BCUT2D eigenvalue weighted by Gasteiger charge is 2.33. The lowest BCUT2D eigenvalue weighted by atomic mass is 10.0. The van der Waals surface area contributed by atoms with Gasteiger partial charge in [-0.3, -0.25) is 0 Å². The Morgan fingerprint density at radius 3 is 2.12 bits per heavy atom. The lowest BCUT2D eigenvalue weighted by Crippen LogP contribution is -2.35. The topological polar surface area (TPSA) is 101 Å². The first-order valence-electron chi connectivity index (χ1n) is 10.6. The molecule has 3 aromatic carbocycles. The van der Waals surface area contributed by atoms with Crippen molar-refractivity contribution in [3.05, 3.63) is 83.9 Å². The molecule has 178 valence electrons. The molecule has 0 saturated carbocycles. The lowest BCUT2D eigenvalue weighted by molar-refractivity contribution is -0.157. The Morgan fingerprint density at radius 2 is 1.47 bits per heavy atom. The van der Waals surface area contributed by atoms with Crippen molar-refractivity contribution < 1.29 is 38.4 Å². The Kier molecular flexibility index (Phi) is 8.48. The Bertz CT molecular complexity index is 1110. The van der Waals surface area contributed by atoms with Gasteiger partial charge in [0.2, 0.25) is 6.10 Å². The lowest BCUT2D eigenvalue weighted by Gasteiger charge is -2.24. The third-order valence-electron chi connectivity index (χ3n) is 4.87. The van der Waals surface area contributed by atoms with Crippen molar-refractivity contribution >= 4 is 11.9 Å². The minimum absolute atomic E-state index is 0.106. The Hall–Kier alpha value is -4.04. The minimum Gasteiger partial charge on any atom is -0.493 e. The van der Waals surface area contributed by atoms with Crippen LogP contribution in [0.15, 0.2) is 72.8 Å². The third kappa shape index (κ3) is 5.85. The standard InChI is InChI=1S/C26H26O8/c1-4-32-26(29)24(33-20-13-9-8-12-19(20)30-2)23(27)18-14-15-21(22(16-18)31-3)34-25(28)17-10-6-5-7-11-17/h5-16,23-24,27H,4H2,1-3H3/t23-,24-/m1/s1. The molecule has 34 heavy (non-hydrogen) atoms. The largest absolute Gasteiger partial charge is 0.493 e. The highest BCUT2D eigenvalue weighted by Crippen LogP contribution is 2.34. The molecular weight excluding hydrogens is 440 g/mol. The molecule has 8 nitrogen and oxygen atoms in total. The fraction of sp³-hybridized carbons (Fsp3) is 0.231. The van der Waals surface area contributed by atoms with Gasteiger partial charge in [0.1, 0.15) is 6.10 Å². The van der Waals surface area contributed by atoms with E-state index >= 15 is 0 Å². The zero-order valence-corrected chi connectivity index (χ0v) is 19.1. The normalized spacial score (nSPS) is 12.2. The maximum atomic E-state index is 12.6. The van der Waals surface area contributed by atoms with Crippen molar-refractivity contribution in [3.8, 4) is 23.0 Å². The number of carbonyl (C=O) groups is 2. The van der Waals surface area contributed by atoms with Crippen LogP contribution < -0.4 is 18.9 Å². The molecule has 0 fully saturated rings. The van der Waals surface area contributed by atoms with E-state index in [1.165, 1.54) is 32.4 Å². The van der Waals surface area contributed by atoms with E-state index in [1.807, 2.05) is 0 Å². The Labute approximate surface area is 197 Å². The molecule has 8 heteroatoms. The van der Waals surface area contributed by atoms with Gasteiger partial charge in [-0.05, 0) is 48.9 Å². The van der Waals surface area contributed by atoms with Crippen molar-refractivity contribution in [1.82, 2.24) is 0 Å². The molecule has 0 radical (unpaired) electrons. The maximum Gasteiger partial charge on any atom is 0.350 e. The first-order chi connectivity index (χ1) is 16.5. The van der Waals surface area contributed by atoms with E-state index in [1.54, 1.807) is 61.5 Å². The summed E-state index contributed by atoms with van der Waals surface area (Å²) in [5.41, 5.74) is 0.672. The van der Waals surface area contributed by atoms with Crippen molar-refractivity contribution in [3.63, 3.8) is 0 Å². The van der Waals surface area contributed by atoms with E-state index in [0.29, 0.717) is 16.9 Å². The van der Waals surface area contributed by atoms with Gasteiger partial charge >= 0.3 is 11.9 Å². The van der Waals surface area contributed by atoms with Gasteiger partial charge in [0.25, 0.3) is 0 Å². The smallest absolute Gasteiger partial charge is 0.350 e. The summed E-state index contributed by atoms with van der Waals surface area (Å²) < 4.78 is 27.0. The van der Waals surface area contributed by atoms with Crippen LogP contribution in [0.2, 0.25) is 0 Å². The van der Waals surface area contributed by atoms with Gasteiger partial charge in [-0.2, -0.15) is 0 Å². The second-order valence-electron chi connectivity index (χ2n) is 7.05. The van der Waals surface area contributed by atoms with Crippen LogP contribution in [-0.2, 0) is 9.53 Å². The Morgan fingerprint density at radius 1 is 0.824 bits per heavy atom. The van der Waals surface area contributed by atoms with E-state index in [9.17, 15) is 14.7 Å². The van der Waals surface area contributed by atoms with Crippen molar-refractivity contribution in [1.29, 1.82) is 0 Å². The molecule has 1 N–H and O–H groups in total. The minimum atomic E-state index is -1.42. The number of carbonyl (C=O) groups excluding carboxylic acids is 2. The number of para-hydroxylation sites is 2. The highest BCUT2D eigenvalue weighted by molar-refractivity contribution is 5.91. The molecule has 0 aromatic heterocycles. The van der Waals surface area contributed by atoms with Gasteiger partial charge in [-0.15, -0.1) is 0 Å². The molecule has 0 aliphatic rings. The number of rotatable bonds is 10. The number of hydrogen-bond donors (Lipinski definition) is 1. The molecule has 0 heterocycles. The van der Waals surface area contributed by atoms with Crippen LogP contribution in [0.3, 0.4) is 0 Å². The van der Waals surface area contributed by atoms with Gasteiger partial charge in [0, 0.05) is 0 Å². The third-order valence-corrected chi connectivity index (χ3v) is 4.87. The number of benzene rings is 3. The summed E-state index contributed by atoms with van der Waals surface area (Å²) in [6.45, 7) is 1.76. The molecular formula is C26H26O8. The highest BCUT2D eigenvalue weighted by atomic mass is 16.6. The van der Waals surface area contributed by atoms with Crippen molar-refractivity contribution in [2.24, 2.45) is 0 Å². The quantitative estimate of drug-likeness (QED) is 0.354. The summed E-state index contributed by atoms with van der Waals surface area (Å²) in [4.78, 5) is 25.1. The van der Waals surface area contributed by atoms with Gasteiger partial charge in [-0.25, -0.2) is 9.59 Å². The maximum absolute atomic E-state index is 12.6. The van der Waals surface area contributed by atoms with Crippen LogP contribution in [0.1, 0.15) is 28.9 Å². The second-order valence-corrected chi connectivity index (χ2v) is 7.05. The molecule has 0 aliphatic heterocycles. The fourth-order valence-corrected chi connectivity index (χ4v) is 3.18. The molecule has 0 bridgehead atoms. The van der Waals surface area contributed by atoms with E-state index in [0.717, 1.165) is 0 Å². The number of esters is 2. The number of methoxy groups -OCH3 is 2. The number of ether oxygens (including phenoxy) is 5. The molecule has 0 spiro atoms. The van der Waals surface area contributed by atoms with Gasteiger partial charge in [-0.1, -0.05) is 36.4 Å². The average Bonchev–Trinajstić information content (AvgIpc) is 2.87. The molecule has 0 saturated heterocycles. The van der Waals surface area contributed by atoms with E-state index in [2.05, 4.69) is 0 Å². The van der Waals surface area contributed by atoms with Gasteiger partial charge in [0.05, 0.1) is 26.4 Å². The molecule has 0 unspecified atom stereocenters. The average molecular weight is 466 g/mol. The van der Waals surface area contributed by atoms with Gasteiger partial charge in [0.15, 0.2) is 23.0 Å². The van der Waals surface area contributed by atoms with Crippen molar-refractivity contribution in [2.75, 3.05) is 20.8 Å². The van der Waals surface area contributed by atoms with Crippen LogP contribution in [0.4, 0.5) is 0 Å². The van der Waals surface area contributed by atoms with Crippen LogP contribution in [0, 0.1) is 0 Å². The molecule has 0 amide bonds. The number of aliphatic hydroxyl groups excluding tert-OH is 1. The monoisotopic (exact) mass is 466 g/mol. The van der Waals surface area contributed by atoms with Crippen LogP contribution in [-0.4, -0.2) is 44.0 Å². The SMILES string of the molecule is CCOC(=O)[C@H](Oc1ccccc1OC)[C@H](O)c1ccc(OC(=O)c2ccccc2)c(OC)c1. The summed E-state index contributed by atoms with van der Waals surface area (Å²) >= 11 is 0. The summed E-state index contributed by atoms with van der Waals surface area (Å²) in [5, 5.41) is 11.0. The van der Waals surface area contributed by atoms with Crippen LogP contribution >= 0.6 is 0 Å². The summed E-state index contributed by atoms with van der Waals surface area (Å²) in [6.07, 6.45) is -2.81. The van der Waals surface area contributed by atoms with E-state index < -0.39 is 24.1 Å². The fourth-order valence-electron chi connectivity index (χ4n) is 3.18. The number of aliphatic hydroxyl groups is 1. The number of hydrogen-bond acceptors (Lipinski definition) is 8. The van der Waals surface area contributed by atoms with Gasteiger partial charge < -0.3 is 28.8 Å². The van der Waals surface area contributed by atoms with Crippen molar-refractivity contribution in [2.45, 2.75) is 19.1 Å². The second kappa shape index (κ2) is 11.7. The van der Waals surface area contributed by atoms with E-state index in [4.69, 9.17) is 23.7 Å². The van der Waals surface area contributed by atoms with Crippen LogP contribution in [0.5, 0.6) is 23.0 Å². The molecule has 3 aromatic rings. The summed E-state index contributed by atoms with van der Waals surface area (Å²) in [6, 6.07) is 19.7. The first kappa shape index (κ1) is 24.6. The summed E-state index contributed by atoms with van der Waals surface area (Å²) in [7, 11) is 2.87. The predicted octanol–water partition coefficient (Wildman–Crippen LogP) is 3.97. The predicted molar refractivity (Wildman–Crippen MR) is 123 cm³/mol. The van der Waals surface area contributed by atoms with E-state index in [-0.39, 0.29) is 23.9 Å². The molecule has 2 atom stereocenters. The zero-order chi connectivity index (χ0) is 24.5. The van der Waals surface area contributed by atoms with Crippen LogP contribution in [0.25, 0.3) is 0 Å².